The number of aromatic nitrogens is 4. The molecule has 7 nitrogen and oxygen atoms in total. The molecule has 1 fully saturated rings. The van der Waals surface area contributed by atoms with E-state index in [1.165, 1.54) is 5.56 Å². The summed E-state index contributed by atoms with van der Waals surface area (Å²) in [6, 6.07) is 1.96. The summed E-state index contributed by atoms with van der Waals surface area (Å²) in [7, 11) is 1.93. The summed E-state index contributed by atoms with van der Waals surface area (Å²) in [6.45, 7) is 6.96. The van der Waals surface area contributed by atoms with E-state index in [0.717, 1.165) is 38.4 Å². The highest BCUT2D eigenvalue weighted by Crippen LogP contribution is 2.09. The van der Waals surface area contributed by atoms with Crippen molar-refractivity contribution >= 4 is 5.91 Å². The first-order valence-corrected chi connectivity index (χ1v) is 8.08. The van der Waals surface area contributed by atoms with Crippen molar-refractivity contribution in [1.29, 1.82) is 0 Å². The smallest absolute Gasteiger partial charge is 0.224 e. The summed E-state index contributed by atoms with van der Waals surface area (Å²) in [5, 5.41) is 8.52. The summed E-state index contributed by atoms with van der Waals surface area (Å²) in [4.78, 5) is 16.6. The molecule has 0 N–H and O–H groups in total. The van der Waals surface area contributed by atoms with E-state index in [-0.39, 0.29) is 5.91 Å². The van der Waals surface area contributed by atoms with Gasteiger partial charge in [0.15, 0.2) is 0 Å². The Morgan fingerprint density at radius 1 is 1.26 bits per heavy atom. The number of rotatable bonds is 5. The molecule has 1 amide bonds. The van der Waals surface area contributed by atoms with Crippen molar-refractivity contribution in [2.75, 3.05) is 26.2 Å². The Kier molecular flexibility index (Phi) is 4.76. The molecule has 0 saturated carbocycles. The minimum Gasteiger partial charge on any atom is -0.340 e. The molecule has 0 aromatic carbocycles. The van der Waals surface area contributed by atoms with Crippen LogP contribution >= 0.6 is 0 Å². The number of aryl methyl sites for hydroxylation is 3. The number of carbonyl (C=O) groups is 1. The standard InChI is InChI=1S/C16H24N6O/c1-14-3-5-22(18-14)6-4-16(23)21-9-7-20(8-10-21)13-15-11-17-19(2)12-15/h3,5,11-12H,4,6-10,13H2,1-2H3. The molecule has 1 aliphatic rings. The summed E-state index contributed by atoms with van der Waals surface area (Å²) in [5.41, 5.74) is 2.21. The van der Waals surface area contributed by atoms with Crippen molar-refractivity contribution < 1.29 is 4.79 Å². The Morgan fingerprint density at radius 3 is 2.65 bits per heavy atom. The lowest BCUT2D eigenvalue weighted by molar-refractivity contribution is -0.133. The van der Waals surface area contributed by atoms with E-state index in [1.54, 1.807) is 0 Å². The average molecular weight is 316 g/mol. The minimum absolute atomic E-state index is 0.221. The van der Waals surface area contributed by atoms with Gasteiger partial charge >= 0.3 is 0 Å². The predicted molar refractivity (Wildman–Crippen MR) is 86.6 cm³/mol. The van der Waals surface area contributed by atoms with Crippen LogP contribution in [0.2, 0.25) is 0 Å². The largest absolute Gasteiger partial charge is 0.340 e. The van der Waals surface area contributed by atoms with Gasteiger partial charge in [-0.2, -0.15) is 10.2 Å². The summed E-state index contributed by atoms with van der Waals surface area (Å²) in [6.07, 6.45) is 6.39. The SMILES string of the molecule is Cc1ccn(CCC(=O)N2CCN(Cc3cnn(C)c3)CC2)n1. The van der Waals surface area contributed by atoms with E-state index in [0.29, 0.717) is 13.0 Å². The highest BCUT2D eigenvalue weighted by Gasteiger charge is 2.21. The highest BCUT2D eigenvalue weighted by atomic mass is 16.2. The second kappa shape index (κ2) is 6.95. The lowest BCUT2D eigenvalue weighted by atomic mass is 10.2. The number of carbonyl (C=O) groups excluding carboxylic acids is 1. The van der Waals surface area contributed by atoms with Crippen molar-refractivity contribution in [3.8, 4) is 0 Å². The lowest BCUT2D eigenvalue weighted by Crippen LogP contribution is -2.48. The van der Waals surface area contributed by atoms with Crippen molar-refractivity contribution in [3.05, 3.63) is 35.9 Å². The van der Waals surface area contributed by atoms with Crippen LogP contribution in [0.1, 0.15) is 17.7 Å². The van der Waals surface area contributed by atoms with E-state index < -0.39 is 0 Å². The maximum Gasteiger partial charge on any atom is 0.224 e. The third-order valence-corrected chi connectivity index (χ3v) is 4.22. The van der Waals surface area contributed by atoms with Crippen LogP contribution in [-0.2, 0) is 24.9 Å². The molecule has 3 heterocycles. The lowest BCUT2D eigenvalue weighted by Gasteiger charge is -2.34. The van der Waals surface area contributed by atoms with Crippen LogP contribution in [0, 0.1) is 6.92 Å². The topological polar surface area (TPSA) is 59.2 Å². The quantitative estimate of drug-likeness (QED) is 0.813. The van der Waals surface area contributed by atoms with Crippen molar-refractivity contribution in [2.24, 2.45) is 7.05 Å². The van der Waals surface area contributed by atoms with Gasteiger partial charge in [0.1, 0.15) is 0 Å². The molecule has 2 aromatic heterocycles. The van der Waals surface area contributed by atoms with Crippen LogP contribution < -0.4 is 0 Å². The molecule has 1 saturated heterocycles. The molecule has 23 heavy (non-hydrogen) atoms. The molecule has 0 atom stereocenters. The minimum atomic E-state index is 0.221. The second-order valence-electron chi connectivity index (χ2n) is 6.15. The van der Waals surface area contributed by atoms with Crippen LogP contribution in [0.25, 0.3) is 0 Å². The van der Waals surface area contributed by atoms with Gasteiger partial charge in [-0.25, -0.2) is 0 Å². The second-order valence-corrected chi connectivity index (χ2v) is 6.15. The van der Waals surface area contributed by atoms with Gasteiger partial charge in [-0.15, -0.1) is 0 Å². The zero-order valence-electron chi connectivity index (χ0n) is 13.9. The van der Waals surface area contributed by atoms with Crippen molar-refractivity contribution in [2.45, 2.75) is 26.4 Å². The van der Waals surface area contributed by atoms with Gasteiger partial charge in [-0.05, 0) is 13.0 Å². The number of hydrogen-bond acceptors (Lipinski definition) is 4. The third kappa shape index (κ3) is 4.19. The first-order valence-electron chi connectivity index (χ1n) is 8.08. The summed E-state index contributed by atoms with van der Waals surface area (Å²) >= 11 is 0. The monoisotopic (exact) mass is 316 g/mol. The first kappa shape index (κ1) is 15.7. The zero-order chi connectivity index (χ0) is 16.2. The number of piperazine rings is 1. The molecule has 2 aromatic rings. The van der Waals surface area contributed by atoms with Crippen LogP contribution in [0.3, 0.4) is 0 Å². The molecule has 0 bridgehead atoms. The molecule has 0 aliphatic carbocycles. The number of amides is 1. The molecule has 1 aliphatic heterocycles. The Morgan fingerprint density at radius 2 is 2.04 bits per heavy atom. The van der Waals surface area contributed by atoms with Gasteiger partial charge in [0.25, 0.3) is 0 Å². The third-order valence-electron chi connectivity index (χ3n) is 4.22. The molecular formula is C16H24N6O. The summed E-state index contributed by atoms with van der Waals surface area (Å²) < 4.78 is 3.66. The molecule has 0 spiro atoms. The number of hydrogen-bond donors (Lipinski definition) is 0. The van der Waals surface area contributed by atoms with Crippen LogP contribution in [0.15, 0.2) is 24.7 Å². The van der Waals surface area contributed by atoms with E-state index in [1.807, 2.05) is 52.9 Å². The van der Waals surface area contributed by atoms with E-state index in [2.05, 4.69) is 15.1 Å². The maximum absolute atomic E-state index is 12.3. The van der Waals surface area contributed by atoms with Gasteiger partial charge < -0.3 is 4.90 Å². The predicted octanol–water partition coefficient (Wildman–Crippen LogP) is 0.660. The fourth-order valence-corrected chi connectivity index (χ4v) is 2.92. The van der Waals surface area contributed by atoms with E-state index in [4.69, 9.17) is 0 Å². The van der Waals surface area contributed by atoms with Crippen molar-refractivity contribution in [3.63, 3.8) is 0 Å². The Labute approximate surface area is 136 Å². The maximum atomic E-state index is 12.3. The fraction of sp³-hybridized carbons (Fsp3) is 0.562. The average Bonchev–Trinajstić information content (AvgIpc) is 3.14. The molecule has 124 valence electrons. The summed E-state index contributed by atoms with van der Waals surface area (Å²) in [5.74, 6) is 0.221. The fourth-order valence-electron chi connectivity index (χ4n) is 2.92. The molecular weight excluding hydrogens is 292 g/mol. The number of nitrogens with zero attached hydrogens (tertiary/aromatic N) is 6. The van der Waals surface area contributed by atoms with Crippen LogP contribution in [0.4, 0.5) is 0 Å². The van der Waals surface area contributed by atoms with Gasteiger partial charge in [0.05, 0.1) is 11.9 Å². The van der Waals surface area contributed by atoms with E-state index >= 15 is 0 Å². The molecule has 3 rings (SSSR count). The normalized spacial score (nSPS) is 16.0. The molecule has 7 heteroatoms. The van der Waals surface area contributed by atoms with Gasteiger partial charge in [0, 0.05) is 70.7 Å². The Hall–Kier alpha value is -2.15. The van der Waals surface area contributed by atoms with Crippen molar-refractivity contribution in [1.82, 2.24) is 29.4 Å². The van der Waals surface area contributed by atoms with Crippen LogP contribution in [-0.4, -0.2) is 61.4 Å². The van der Waals surface area contributed by atoms with Gasteiger partial charge in [0.2, 0.25) is 5.91 Å². The van der Waals surface area contributed by atoms with Gasteiger partial charge in [-0.3, -0.25) is 19.1 Å². The zero-order valence-corrected chi connectivity index (χ0v) is 13.9. The van der Waals surface area contributed by atoms with E-state index in [9.17, 15) is 4.79 Å². The van der Waals surface area contributed by atoms with Gasteiger partial charge in [-0.1, -0.05) is 0 Å². The molecule has 0 unspecified atom stereocenters. The Balaban J connectivity index is 1.42. The Bertz CT molecular complexity index is 653. The van der Waals surface area contributed by atoms with Crippen LogP contribution in [0.5, 0.6) is 0 Å². The molecule has 0 radical (unpaired) electrons. The highest BCUT2D eigenvalue weighted by molar-refractivity contribution is 5.76. The first-order chi connectivity index (χ1) is 11.1.